The molecular weight excluding hydrogens is 404 g/mol. The highest BCUT2D eigenvalue weighted by atomic mass is 16.6. The molecule has 0 bridgehead atoms. The zero-order chi connectivity index (χ0) is 22.1. The van der Waals surface area contributed by atoms with Crippen LogP contribution in [0.25, 0.3) is 5.69 Å². The van der Waals surface area contributed by atoms with Crippen molar-refractivity contribution in [2.75, 3.05) is 18.5 Å². The third kappa shape index (κ3) is 3.73. The van der Waals surface area contributed by atoms with Gasteiger partial charge in [-0.25, -0.2) is 4.68 Å². The van der Waals surface area contributed by atoms with E-state index in [0.717, 1.165) is 34.1 Å². The fourth-order valence-electron chi connectivity index (χ4n) is 4.07. The highest BCUT2D eigenvalue weighted by Gasteiger charge is 2.20. The van der Waals surface area contributed by atoms with Crippen LogP contribution in [-0.4, -0.2) is 33.5 Å². The van der Waals surface area contributed by atoms with Crippen molar-refractivity contribution in [3.8, 4) is 17.2 Å². The largest absolute Gasteiger partial charge is 0.486 e. The molecule has 1 N–H and O–H groups in total. The minimum atomic E-state index is -0.170. The van der Waals surface area contributed by atoms with Gasteiger partial charge in [-0.15, -0.1) is 0 Å². The first-order valence-electron chi connectivity index (χ1n) is 10.6. The minimum absolute atomic E-state index is 0.170. The summed E-state index contributed by atoms with van der Waals surface area (Å²) in [4.78, 5) is 13.2. The molecule has 1 aliphatic heterocycles. The van der Waals surface area contributed by atoms with Crippen LogP contribution in [-0.2, 0) is 6.54 Å². The van der Waals surface area contributed by atoms with Crippen molar-refractivity contribution in [1.29, 1.82) is 0 Å². The summed E-state index contributed by atoms with van der Waals surface area (Å²) in [5, 5.41) is 7.38. The Morgan fingerprint density at radius 2 is 1.78 bits per heavy atom. The van der Waals surface area contributed by atoms with Gasteiger partial charge in [0.2, 0.25) is 0 Å². The quantitative estimate of drug-likeness (QED) is 0.513. The number of aryl methyl sites for hydroxylation is 1. The molecule has 1 amide bonds. The fourth-order valence-corrected chi connectivity index (χ4v) is 4.07. The van der Waals surface area contributed by atoms with E-state index in [9.17, 15) is 4.79 Å². The standard InChI is InChI=1S/C25H24N4O3/c1-17-14-21(18(2)29(17)20-8-9-22-23(15-20)32-13-12-31-22)25(30)27-24-10-11-26-28(24)16-19-6-4-3-5-7-19/h3-11,14-15H,12-13,16H2,1-2H3,(H,27,30). The maximum absolute atomic E-state index is 13.2. The normalized spacial score (nSPS) is 12.6. The molecule has 7 nitrogen and oxygen atoms in total. The lowest BCUT2D eigenvalue weighted by molar-refractivity contribution is 0.102. The van der Waals surface area contributed by atoms with E-state index in [1.165, 1.54) is 0 Å². The lowest BCUT2D eigenvalue weighted by Gasteiger charge is -2.20. The second-order valence-electron chi connectivity index (χ2n) is 7.76. The van der Waals surface area contributed by atoms with Crippen LogP contribution in [0.1, 0.15) is 27.3 Å². The highest BCUT2D eigenvalue weighted by Crippen LogP contribution is 2.33. The number of hydrogen-bond donors (Lipinski definition) is 1. The van der Waals surface area contributed by atoms with Crippen molar-refractivity contribution in [2.24, 2.45) is 0 Å². The molecule has 4 aromatic rings. The molecule has 0 radical (unpaired) electrons. The van der Waals surface area contributed by atoms with Gasteiger partial charge >= 0.3 is 0 Å². The molecule has 3 heterocycles. The number of ether oxygens (including phenoxy) is 2. The topological polar surface area (TPSA) is 70.3 Å². The third-order valence-electron chi connectivity index (χ3n) is 5.59. The van der Waals surface area contributed by atoms with Gasteiger partial charge in [0, 0.05) is 29.2 Å². The Morgan fingerprint density at radius 1 is 1.00 bits per heavy atom. The molecule has 32 heavy (non-hydrogen) atoms. The summed E-state index contributed by atoms with van der Waals surface area (Å²) in [6.45, 7) is 5.60. The van der Waals surface area contributed by atoms with Gasteiger partial charge in [-0.3, -0.25) is 4.79 Å². The van der Waals surface area contributed by atoms with Gasteiger partial charge in [-0.05, 0) is 37.6 Å². The van der Waals surface area contributed by atoms with E-state index in [2.05, 4.69) is 15.0 Å². The van der Waals surface area contributed by atoms with Crippen molar-refractivity contribution < 1.29 is 14.3 Å². The van der Waals surface area contributed by atoms with Gasteiger partial charge in [-0.1, -0.05) is 30.3 Å². The molecule has 0 spiro atoms. The summed E-state index contributed by atoms with van der Waals surface area (Å²) in [6, 6.07) is 19.6. The molecule has 7 heteroatoms. The first-order chi connectivity index (χ1) is 15.6. The Balaban J connectivity index is 1.40. The molecule has 0 saturated heterocycles. The second kappa shape index (κ2) is 8.26. The zero-order valence-corrected chi connectivity index (χ0v) is 18.0. The SMILES string of the molecule is Cc1cc(C(=O)Nc2ccnn2Cc2ccccc2)c(C)n1-c1ccc2c(c1)OCCO2. The van der Waals surface area contributed by atoms with Gasteiger partial charge < -0.3 is 19.4 Å². The number of rotatable bonds is 5. The molecule has 162 valence electrons. The van der Waals surface area contributed by atoms with E-state index in [1.54, 1.807) is 16.9 Å². The summed E-state index contributed by atoms with van der Waals surface area (Å²) in [6.07, 6.45) is 1.69. The van der Waals surface area contributed by atoms with Crippen molar-refractivity contribution in [3.63, 3.8) is 0 Å². The lowest BCUT2D eigenvalue weighted by Crippen LogP contribution is -2.17. The van der Waals surface area contributed by atoms with Crippen molar-refractivity contribution >= 4 is 11.7 Å². The highest BCUT2D eigenvalue weighted by molar-refractivity contribution is 6.05. The summed E-state index contributed by atoms with van der Waals surface area (Å²) < 4.78 is 15.2. The number of amides is 1. The first-order valence-corrected chi connectivity index (χ1v) is 10.6. The van der Waals surface area contributed by atoms with E-state index >= 15 is 0 Å². The molecule has 2 aromatic carbocycles. The fraction of sp³-hybridized carbons (Fsp3) is 0.200. The lowest BCUT2D eigenvalue weighted by atomic mass is 10.2. The number of hydrogen-bond acceptors (Lipinski definition) is 4. The van der Waals surface area contributed by atoms with E-state index in [0.29, 0.717) is 31.1 Å². The molecule has 0 aliphatic carbocycles. The summed E-state index contributed by atoms with van der Waals surface area (Å²) in [5.74, 6) is 1.95. The number of carbonyl (C=O) groups excluding carboxylic acids is 1. The van der Waals surface area contributed by atoms with Crippen LogP contribution >= 0.6 is 0 Å². The van der Waals surface area contributed by atoms with E-state index in [1.807, 2.05) is 68.4 Å². The van der Waals surface area contributed by atoms with Gasteiger partial charge in [0.15, 0.2) is 11.5 Å². The number of nitrogens with one attached hydrogen (secondary N) is 1. The number of anilines is 1. The van der Waals surface area contributed by atoms with Crippen molar-refractivity contribution in [3.05, 3.63) is 89.4 Å². The van der Waals surface area contributed by atoms with Crippen LogP contribution in [0.3, 0.4) is 0 Å². The summed E-state index contributed by atoms with van der Waals surface area (Å²) >= 11 is 0. The Bertz CT molecular complexity index is 1270. The van der Waals surface area contributed by atoms with Crippen LogP contribution in [0.4, 0.5) is 5.82 Å². The molecule has 1 aliphatic rings. The predicted octanol–water partition coefficient (Wildman–Crippen LogP) is 4.36. The number of carbonyl (C=O) groups is 1. The molecule has 0 fully saturated rings. The molecule has 0 unspecified atom stereocenters. The van der Waals surface area contributed by atoms with Gasteiger partial charge in [0.1, 0.15) is 19.0 Å². The average Bonchev–Trinajstić information content (AvgIpc) is 3.37. The minimum Gasteiger partial charge on any atom is -0.486 e. The molecular formula is C25H24N4O3. The summed E-state index contributed by atoms with van der Waals surface area (Å²) in [7, 11) is 0. The Hall–Kier alpha value is -4.00. The zero-order valence-electron chi connectivity index (χ0n) is 18.0. The second-order valence-corrected chi connectivity index (χ2v) is 7.76. The smallest absolute Gasteiger partial charge is 0.258 e. The van der Waals surface area contributed by atoms with Crippen LogP contribution in [0, 0.1) is 13.8 Å². The van der Waals surface area contributed by atoms with E-state index in [-0.39, 0.29) is 5.91 Å². The van der Waals surface area contributed by atoms with Crippen LogP contribution in [0.2, 0.25) is 0 Å². The van der Waals surface area contributed by atoms with Crippen molar-refractivity contribution in [2.45, 2.75) is 20.4 Å². The third-order valence-corrected chi connectivity index (χ3v) is 5.59. The number of fused-ring (bicyclic) bond motifs is 1. The van der Waals surface area contributed by atoms with Crippen LogP contribution in [0.5, 0.6) is 11.5 Å². The van der Waals surface area contributed by atoms with E-state index < -0.39 is 0 Å². The molecule has 2 aromatic heterocycles. The maximum atomic E-state index is 13.2. The Labute approximate surface area is 186 Å². The maximum Gasteiger partial charge on any atom is 0.258 e. The summed E-state index contributed by atoms with van der Waals surface area (Å²) in [5.41, 5.74) is 4.47. The van der Waals surface area contributed by atoms with E-state index in [4.69, 9.17) is 9.47 Å². The van der Waals surface area contributed by atoms with Gasteiger partial charge in [0.05, 0.1) is 18.3 Å². The predicted molar refractivity (Wildman–Crippen MR) is 122 cm³/mol. The van der Waals surface area contributed by atoms with Gasteiger partial charge in [-0.2, -0.15) is 5.10 Å². The monoisotopic (exact) mass is 428 g/mol. The number of nitrogens with zero attached hydrogens (tertiary/aromatic N) is 3. The molecule has 0 saturated carbocycles. The Morgan fingerprint density at radius 3 is 2.59 bits per heavy atom. The Kier molecular flexibility index (Phi) is 5.15. The van der Waals surface area contributed by atoms with Crippen LogP contribution in [0.15, 0.2) is 66.9 Å². The van der Waals surface area contributed by atoms with Crippen LogP contribution < -0.4 is 14.8 Å². The molecule has 5 rings (SSSR count). The number of benzene rings is 2. The first kappa shape index (κ1) is 19.9. The van der Waals surface area contributed by atoms with Crippen molar-refractivity contribution in [1.82, 2.24) is 14.3 Å². The van der Waals surface area contributed by atoms with Gasteiger partial charge in [0.25, 0.3) is 5.91 Å². The number of aromatic nitrogens is 3. The molecule has 0 atom stereocenters. The average molecular weight is 428 g/mol.